The van der Waals surface area contributed by atoms with Gasteiger partial charge in [0.05, 0.1) is 0 Å². The summed E-state index contributed by atoms with van der Waals surface area (Å²) in [5, 5.41) is 16.8. The number of anilines is 2. The van der Waals surface area contributed by atoms with Crippen LogP contribution in [0, 0.1) is 18.3 Å². The zero-order chi connectivity index (χ0) is 13.4. The SMILES string of the molecule is Cc1ccnc(-n2nc(NC3CC3)c(C#N)c2N)c1. The molecular formula is C13H14N6. The molecule has 3 rings (SSSR count). The van der Waals surface area contributed by atoms with Crippen molar-refractivity contribution in [3.8, 4) is 11.9 Å². The van der Waals surface area contributed by atoms with Crippen molar-refractivity contribution in [3.63, 3.8) is 0 Å². The summed E-state index contributed by atoms with van der Waals surface area (Å²) in [6, 6.07) is 6.30. The highest BCUT2D eigenvalue weighted by atomic mass is 15.4. The van der Waals surface area contributed by atoms with E-state index in [1.165, 1.54) is 4.68 Å². The van der Waals surface area contributed by atoms with E-state index in [9.17, 15) is 5.26 Å². The fraction of sp³-hybridized carbons (Fsp3) is 0.308. The summed E-state index contributed by atoms with van der Waals surface area (Å²) < 4.78 is 1.51. The first-order valence-corrected chi connectivity index (χ1v) is 6.17. The Kier molecular flexibility index (Phi) is 2.60. The van der Waals surface area contributed by atoms with Crippen molar-refractivity contribution >= 4 is 11.6 Å². The highest BCUT2D eigenvalue weighted by molar-refractivity contribution is 5.66. The van der Waals surface area contributed by atoms with Gasteiger partial charge in [-0.05, 0) is 37.5 Å². The Bertz CT molecular complexity index is 662. The van der Waals surface area contributed by atoms with Crippen LogP contribution in [0.25, 0.3) is 5.82 Å². The average Bonchev–Trinajstić information content (AvgIpc) is 3.14. The molecule has 0 unspecified atom stereocenters. The predicted molar refractivity (Wildman–Crippen MR) is 71.9 cm³/mol. The molecule has 6 nitrogen and oxygen atoms in total. The number of hydrogen-bond acceptors (Lipinski definition) is 5. The van der Waals surface area contributed by atoms with Gasteiger partial charge in [-0.3, -0.25) is 0 Å². The number of nitrogens with one attached hydrogen (secondary N) is 1. The van der Waals surface area contributed by atoms with Crippen molar-refractivity contribution in [2.24, 2.45) is 0 Å². The van der Waals surface area contributed by atoms with Gasteiger partial charge in [0.2, 0.25) is 0 Å². The van der Waals surface area contributed by atoms with Crippen LogP contribution in [0.4, 0.5) is 11.6 Å². The van der Waals surface area contributed by atoms with E-state index >= 15 is 0 Å². The monoisotopic (exact) mass is 254 g/mol. The Morgan fingerprint density at radius 3 is 2.95 bits per heavy atom. The lowest BCUT2D eigenvalue weighted by molar-refractivity contribution is 0.853. The molecule has 0 aromatic carbocycles. The van der Waals surface area contributed by atoms with E-state index in [-0.39, 0.29) is 0 Å². The molecule has 1 aliphatic carbocycles. The van der Waals surface area contributed by atoms with E-state index in [2.05, 4.69) is 21.5 Å². The Balaban J connectivity index is 2.06. The molecule has 0 amide bonds. The molecule has 0 atom stereocenters. The molecule has 0 radical (unpaired) electrons. The average molecular weight is 254 g/mol. The summed E-state index contributed by atoms with van der Waals surface area (Å²) >= 11 is 0. The van der Waals surface area contributed by atoms with Gasteiger partial charge in [0.15, 0.2) is 11.6 Å². The summed E-state index contributed by atoms with van der Waals surface area (Å²) in [6.07, 6.45) is 3.92. The second-order valence-corrected chi connectivity index (χ2v) is 4.74. The molecule has 0 aliphatic heterocycles. The third-order valence-electron chi connectivity index (χ3n) is 3.07. The third-order valence-corrected chi connectivity index (χ3v) is 3.07. The first-order chi connectivity index (χ1) is 9.19. The van der Waals surface area contributed by atoms with Crippen LogP contribution in [0.3, 0.4) is 0 Å². The number of nitriles is 1. The molecular weight excluding hydrogens is 240 g/mol. The van der Waals surface area contributed by atoms with Crippen LogP contribution >= 0.6 is 0 Å². The minimum absolute atomic E-state index is 0.323. The summed E-state index contributed by atoms with van der Waals surface area (Å²) in [4.78, 5) is 4.24. The number of pyridine rings is 1. The van der Waals surface area contributed by atoms with Crippen molar-refractivity contribution < 1.29 is 0 Å². The van der Waals surface area contributed by atoms with Crippen LogP contribution in [-0.2, 0) is 0 Å². The maximum atomic E-state index is 9.20. The third kappa shape index (κ3) is 2.10. The van der Waals surface area contributed by atoms with E-state index < -0.39 is 0 Å². The quantitative estimate of drug-likeness (QED) is 0.867. The normalized spacial score (nSPS) is 14.1. The maximum Gasteiger partial charge on any atom is 0.169 e. The van der Waals surface area contributed by atoms with Crippen LogP contribution in [0.5, 0.6) is 0 Å². The minimum Gasteiger partial charge on any atom is -0.382 e. The second kappa shape index (κ2) is 4.28. The predicted octanol–water partition coefficient (Wildman–Crippen LogP) is 1.60. The van der Waals surface area contributed by atoms with Crippen molar-refractivity contribution in [2.45, 2.75) is 25.8 Å². The molecule has 1 aliphatic rings. The molecule has 1 fully saturated rings. The number of nitrogens with zero attached hydrogens (tertiary/aromatic N) is 4. The fourth-order valence-electron chi connectivity index (χ4n) is 1.87. The van der Waals surface area contributed by atoms with Gasteiger partial charge in [-0.2, -0.15) is 9.94 Å². The highest BCUT2D eigenvalue weighted by Gasteiger charge is 2.25. The van der Waals surface area contributed by atoms with Crippen molar-refractivity contribution in [2.75, 3.05) is 11.1 Å². The Morgan fingerprint density at radius 1 is 1.53 bits per heavy atom. The molecule has 2 aromatic rings. The van der Waals surface area contributed by atoms with Gasteiger partial charge < -0.3 is 11.1 Å². The zero-order valence-electron chi connectivity index (χ0n) is 10.6. The van der Waals surface area contributed by atoms with Crippen molar-refractivity contribution in [1.82, 2.24) is 14.8 Å². The smallest absolute Gasteiger partial charge is 0.169 e. The van der Waals surface area contributed by atoms with Crippen LogP contribution in [-0.4, -0.2) is 20.8 Å². The zero-order valence-corrected chi connectivity index (χ0v) is 10.6. The topological polar surface area (TPSA) is 92.5 Å². The Labute approximate surface area is 110 Å². The first kappa shape index (κ1) is 11.5. The van der Waals surface area contributed by atoms with Gasteiger partial charge in [-0.15, -0.1) is 5.10 Å². The molecule has 2 aromatic heterocycles. The lowest BCUT2D eigenvalue weighted by atomic mass is 10.3. The molecule has 0 spiro atoms. The fourth-order valence-corrected chi connectivity index (χ4v) is 1.87. The van der Waals surface area contributed by atoms with Crippen LogP contribution in [0.1, 0.15) is 24.0 Å². The number of aryl methyl sites for hydroxylation is 1. The van der Waals surface area contributed by atoms with Gasteiger partial charge in [0.1, 0.15) is 17.5 Å². The molecule has 3 N–H and O–H groups in total. The van der Waals surface area contributed by atoms with E-state index in [0.29, 0.717) is 29.1 Å². The number of aromatic nitrogens is 3. The Morgan fingerprint density at radius 2 is 2.32 bits per heavy atom. The van der Waals surface area contributed by atoms with Gasteiger partial charge >= 0.3 is 0 Å². The molecule has 6 heteroatoms. The highest BCUT2D eigenvalue weighted by Crippen LogP contribution is 2.29. The van der Waals surface area contributed by atoms with Crippen molar-refractivity contribution in [1.29, 1.82) is 5.26 Å². The second-order valence-electron chi connectivity index (χ2n) is 4.74. The van der Waals surface area contributed by atoms with Crippen LogP contribution in [0.15, 0.2) is 18.3 Å². The molecule has 2 heterocycles. The van der Waals surface area contributed by atoms with Crippen LogP contribution < -0.4 is 11.1 Å². The number of nitrogen functional groups attached to an aromatic ring is 1. The van der Waals surface area contributed by atoms with E-state index in [0.717, 1.165) is 18.4 Å². The summed E-state index contributed by atoms with van der Waals surface area (Å²) in [5.74, 6) is 1.49. The lowest BCUT2D eigenvalue weighted by Crippen LogP contribution is -2.05. The van der Waals surface area contributed by atoms with E-state index in [1.807, 2.05) is 19.1 Å². The van der Waals surface area contributed by atoms with E-state index in [4.69, 9.17) is 5.73 Å². The number of rotatable bonds is 3. The van der Waals surface area contributed by atoms with Crippen LogP contribution in [0.2, 0.25) is 0 Å². The number of nitrogens with two attached hydrogens (primary N) is 1. The summed E-state index contributed by atoms with van der Waals surface area (Å²) in [7, 11) is 0. The largest absolute Gasteiger partial charge is 0.382 e. The molecule has 19 heavy (non-hydrogen) atoms. The standard InChI is InChI=1S/C13H14N6/c1-8-4-5-16-11(6-8)19-12(15)10(7-14)13(18-19)17-9-2-3-9/h4-6,9H,2-3,15H2,1H3,(H,17,18). The van der Waals surface area contributed by atoms with Gasteiger partial charge in [-0.25, -0.2) is 4.98 Å². The van der Waals surface area contributed by atoms with Gasteiger partial charge in [0.25, 0.3) is 0 Å². The van der Waals surface area contributed by atoms with Gasteiger partial charge in [-0.1, -0.05) is 0 Å². The van der Waals surface area contributed by atoms with E-state index in [1.54, 1.807) is 6.20 Å². The van der Waals surface area contributed by atoms with Gasteiger partial charge in [0, 0.05) is 12.2 Å². The first-order valence-electron chi connectivity index (χ1n) is 6.17. The number of hydrogen-bond donors (Lipinski definition) is 2. The summed E-state index contributed by atoms with van der Waals surface area (Å²) in [6.45, 7) is 1.97. The minimum atomic E-state index is 0.323. The molecule has 1 saturated carbocycles. The lowest BCUT2D eigenvalue weighted by Gasteiger charge is -2.03. The van der Waals surface area contributed by atoms with Crippen molar-refractivity contribution in [3.05, 3.63) is 29.5 Å². The summed E-state index contributed by atoms with van der Waals surface area (Å²) in [5.41, 5.74) is 7.44. The molecule has 0 saturated heterocycles. The molecule has 96 valence electrons. The Hall–Kier alpha value is -2.55. The maximum absolute atomic E-state index is 9.20. The molecule has 0 bridgehead atoms.